The molecule has 0 atom stereocenters. The van der Waals surface area contributed by atoms with E-state index in [1.54, 1.807) is 18.2 Å². The number of benzene rings is 1. The molecule has 0 amide bonds. The third-order valence-electron chi connectivity index (χ3n) is 1.93. The number of hydrogen-bond donors (Lipinski definition) is 1. The van der Waals surface area contributed by atoms with E-state index in [2.05, 4.69) is 20.9 Å². The highest BCUT2D eigenvalue weighted by Crippen LogP contribution is 2.34. The average molecular weight is 319 g/mol. The van der Waals surface area contributed by atoms with Crippen LogP contribution in [0.2, 0.25) is 5.02 Å². The Morgan fingerprint density at radius 1 is 1.35 bits per heavy atom. The van der Waals surface area contributed by atoms with E-state index in [1.165, 1.54) is 6.07 Å². The van der Waals surface area contributed by atoms with E-state index in [1.807, 2.05) is 0 Å². The van der Waals surface area contributed by atoms with Crippen LogP contribution in [0, 0.1) is 5.82 Å². The van der Waals surface area contributed by atoms with Crippen molar-refractivity contribution in [2.75, 3.05) is 0 Å². The average Bonchev–Trinajstić information content (AvgIpc) is 2.29. The molecule has 1 aromatic heterocycles. The summed E-state index contributed by atoms with van der Waals surface area (Å²) in [5, 5.41) is 9.53. The minimum atomic E-state index is -0.584. The Labute approximate surface area is 110 Å². The Morgan fingerprint density at radius 3 is 2.76 bits per heavy atom. The van der Waals surface area contributed by atoms with Crippen molar-refractivity contribution < 1.29 is 14.2 Å². The third-order valence-corrected chi connectivity index (χ3v) is 2.75. The molecule has 1 N–H and O–H groups in total. The van der Waals surface area contributed by atoms with Gasteiger partial charge in [-0.1, -0.05) is 23.7 Å². The van der Waals surface area contributed by atoms with Gasteiger partial charge in [-0.25, -0.2) is 9.37 Å². The van der Waals surface area contributed by atoms with Gasteiger partial charge < -0.3 is 9.84 Å². The number of rotatable bonds is 2. The molecule has 1 aromatic carbocycles. The molecular weight excluding hydrogens is 312 g/mol. The van der Waals surface area contributed by atoms with Crippen molar-refractivity contribution in [1.29, 1.82) is 0 Å². The maximum absolute atomic E-state index is 13.1. The fraction of sp³-hybridized carbons (Fsp3) is 0. The number of aromatic hydroxyl groups is 1. The van der Waals surface area contributed by atoms with Gasteiger partial charge in [0, 0.05) is 6.07 Å². The zero-order valence-corrected chi connectivity index (χ0v) is 10.7. The van der Waals surface area contributed by atoms with Crippen LogP contribution in [-0.4, -0.2) is 10.1 Å². The zero-order valence-electron chi connectivity index (χ0n) is 8.32. The van der Waals surface area contributed by atoms with Crippen LogP contribution in [0.5, 0.6) is 17.4 Å². The Morgan fingerprint density at radius 2 is 2.06 bits per heavy atom. The Hall–Kier alpha value is -1.33. The summed E-state index contributed by atoms with van der Waals surface area (Å²) in [4.78, 5) is 3.79. The van der Waals surface area contributed by atoms with E-state index < -0.39 is 5.82 Å². The number of pyridine rings is 1. The Kier molecular flexibility index (Phi) is 3.49. The molecule has 2 aromatic rings. The van der Waals surface area contributed by atoms with Crippen LogP contribution in [0.25, 0.3) is 0 Å². The summed E-state index contributed by atoms with van der Waals surface area (Å²) >= 11 is 8.70. The van der Waals surface area contributed by atoms with Gasteiger partial charge in [0.25, 0.3) is 0 Å². The monoisotopic (exact) mass is 317 g/mol. The highest BCUT2D eigenvalue weighted by atomic mass is 79.9. The van der Waals surface area contributed by atoms with Gasteiger partial charge in [0.1, 0.15) is 9.63 Å². The Balaban J connectivity index is 2.37. The molecule has 0 aliphatic carbocycles. The van der Waals surface area contributed by atoms with Crippen molar-refractivity contribution >= 4 is 27.5 Å². The smallest absolute Gasteiger partial charge is 0.239 e. The van der Waals surface area contributed by atoms with Crippen LogP contribution < -0.4 is 4.74 Å². The van der Waals surface area contributed by atoms with Crippen LogP contribution >= 0.6 is 27.5 Å². The first-order valence-corrected chi connectivity index (χ1v) is 5.72. The number of ether oxygens (including phenoxy) is 1. The van der Waals surface area contributed by atoms with Crippen LogP contribution in [-0.2, 0) is 0 Å². The van der Waals surface area contributed by atoms with Crippen LogP contribution in [0.15, 0.2) is 34.9 Å². The summed E-state index contributed by atoms with van der Waals surface area (Å²) in [6.07, 6.45) is 0. The van der Waals surface area contributed by atoms with Crippen molar-refractivity contribution in [3.63, 3.8) is 0 Å². The highest BCUT2D eigenvalue weighted by Gasteiger charge is 2.12. The summed E-state index contributed by atoms with van der Waals surface area (Å²) in [6.45, 7) is 0. The molecule has 0 saturated heterocycles. The van der Waals surface area contributed by atoms with Crippen LogP contribution in [0.1, 0.15) is 0 Å². The summed E-state index contributed by atoms with van der Waals surface area (Å²) in [5.41, 5.74) is 0. The Bertz CT molecular complexity index is 565. The van der Waals surface area contributed by atoms with E-state index in [4.69, 9.17) is 16.3 Å². The van der Waals surface area contributed by atoms with Gasteiger partial charge in [-0.15, -0.1) is 0 Å². The fourth-order valence-corrected chi connectivity index (χ4v) is 1.60. The molecule has 17 heavy (non-hydrogen) atoms. The second kappa shape index (κ2) is 4.89. The molecule has 2 rings (SSSR count). The molecule has 3 nitrogen and oxygen atoms in total. The minimum Gasteiger partial charge on any atom is -0.504 e. The lowest BCUT2D eigenvalue weighted by atomic mass is 10.3. The molecule has 0 aliphatic rings. The second-order valence-electron chi connectivity index (χ2n) is 3.12. The molecule has 88 valence electrons. The second-order valence-corrected chi connectivity index (χ2v) is 4.28. The van der Waals surface area contributed by atoms with Crippen LogP contribution in [0.3, 0.4) is 0 Å². The molecule has 0 radical (unpaired) electrons. The first kappa shape index (κ1) is 12.1. The van der Waals surface area contributed by atoms with E-state index in [0.29, 0.717) is 0 Å². The number of aromatic nitrogens is 1. The van der Waals surface area contributed by atoms with Gasteiger partial charge in [0.15, 0.2) is 17.3 Å². The summed E-state index contributed by atoms with van der Waals surface area (Å²) in [6, 6.07) is 7.42. The molecule has 0 unspecified atom stereocenters. The predicted octanol–water partition coefficient (Wildman–Crippen LogP) is 4.13. The molecule has 6 heteroatoms. The summed E-state index contributed by atoms with van der Waals surface area (Å²) < 4.78 is 18.4. The number of halogens is 3. The molecular formula is C11H6BrClFNO2. The van der Waals surface area contributed by atoms with Gasteiger partial charge in [-0.3, -0.25) is 0 Å². The maximum Gasteiger partial charge on any atom is 0.239 e. The fourth-order valence-electron chi connectivity index (χ4n) is 1.15. The summed E-state index contributed by atoms with van der Waals surface area (Å²) in [7, 11) is 0. The lowest BCUT2D eigenvalue weighted by Gasteiger charge is -2.08. The number of phenolic OH excluding ortho intramolecular Hbond substituents is 1. The molecule has 0 aliphatic heterocycles. The molecule has 0 spiro atoms. The SMILES string of the molecule is Oc1ccccc1Oc1nc(Br)c(F)cc1Cl. The quantitative estimate of drug-likeness (QED) is 0.846. The van der Waals surface area contributed by atoms with Crippen molar-refractivity contribution in [3.05, 3.63) is 45.8 Å². The van der Waals surface area contributed by atoms with E-state index in [0.717, 1.165) is 6.07 Å². The molecule has 0 saturated carbocycles. The lowest BCUT2D eigenvalue weighted by Crippen LogP contribution is -1.92. The van der Waals surface area contributed by atoms with Crippen molar-refractivity contribution in [2.45, 2.75) is 0 Å². The third kappa shape index (κ3) is 2.68. The number of phenols is 1. The highest BCUT2D eigenvalue weighted by molar-refractivity contribution is 9.10. The van der Waals surface area contributed by atoms with Gasteiger partial charge in [-0.2, -0.15) is 0 Å². The normalized spacial score (nSPS) is 10.3. The van der Waals surface area contributed by atoms with Gasteiger partial charge >= 0.3 is 0 Å². The maximum atomic E-state index is 13.1. The zero-order chi connectivity index (χ0) is 12.4. The van der Waals surface area contributed by atoms with Gasteiger partial charge in [0.05, 0.1) is 0 Å². The van der Waals surface area contributed by atoms with Crippen molar-refractivity contribution in [1.82, 2.24) is 4.98 Å². The minimum absolute atomic E-state index is 0.00711. The molecule has 1 heterocycles. The molecule has 0 bridgehead atoms. The van der Waals surface area contributed by atoms with Crippen molar-refractivity contribution in [3.8, 4) is 17.4 Å². The largest absolute Gasteiger partial charge is 0.504 e. The number of hydrogen-bond acceptors (Lipinski definition) is 3. The predicted molar refractivity (Wildman–Crippen MR) is 65.1 cm³/mol. The molecule has 0 fully saturated rings. The van der Waals surface area contributed by atoms with Crippen molar-refractivity contribution in [2.24, 2.45) is 0 Å². The first-order valence-electron chi connectivity index (χ1n) is 4.55. The van der Waals surface area contributed by atoms with E-state index in [-0.39, 0.29) is 27.0 Å². The van der Waals surface area contributed by atoms with Gasteiger partial charge in [-0.05, 0) is 28.1 Å². The topological polar surface area (TPSA) is 42.4 Å². The lowest BCUT2D eigenvalue weighted by molar-refractivity contribution is 0.401. The van der Waals surface area contributed by atoms with E-state index >= 15 is 0 Å². The number of nitrogens with zero attached hydrogens (tertiary/aromatic N) is 1. The van der Waals surface area contributed by atoms with Crippen LogP contribution in [0.4, 0.5) is 4.39 Å². The van der Waals surface area contributed by atoms with E-state index in [9.17, 15) is 9.50 Å². The summed E-state index contributed by atoms with van der Waals surface area (Å²) in [5.74, 6) is -0.424. The number of para-hydroxylation sites is 2. The van der Waals surface area contributed by atoms with Gasteiger partial charge in [0.2, 0.25) is 5.88 Å². The standard InChI is InChI=1S/C11H6BrClFNO2/c12-10-7(14)5-6(13)11(15-10)17-9-4-2-1-3-8(9)16/h1-5,16H. The first-order chi connectivity index (χ1) is 8.08.